The molecule has 3 heterocycles. The Morgan fingerprint density at radius 2 is 2.13 bits per heavy atom. The molecule has 1 aliphatic heterocycles. The van der Waals surface area contributed by atoms with Crippen LogP contribution in [0, 0.1) is 11.6 Å². The van der Waals surface area contributed by atoms with Crippen LogP contribution in [-0.4, -0.2) is 28.3 Å². The molecule has 0 saturated heterocycles. The number of benzene rings is 1. The van der Waals surface area contributed by atoms with Gasteiger partial charge in [-0.3, -0.25) is 4.79 Å². The molecule has 0 spiro atoms. The van der Waals surface area contributed by atoms with Gasteiger partial charge >= 0.3 is 5.97 Å². The lowest BCUT2D eigenvalue weighted by molar-refractivity contribution is -0.139. The number of allylic oxidation sites excluding steroid dienone is 1. The Bertz CT molecular complexity index is 1230. The standard InChI is InChI=1S/C21H15F2N3O4/c1-2-29-21(28)17-18(27)16(8-11-10-25-19-13(11)4-3-7-24-19)30-20(17)26-12-5-6-14(22)15(23)9-12/h3-10,26H,2H2,1H3,(H,24,25). The summed E-state index contributed by atoms with van der Waals surface area (Å²) >= 11 is 0. The number of aromatic amines is 1. The van der Waals surface area contributed by atoms with Crippen LogP contribution in [0.25, 0.3) is 17.1 Å². The third kappa shape index (κ3) is 3.52. The normalized spacial score (nSPS) is 15.0. The van der Waals surface area contributed by atoms with Crippen molar-refractivity contribution in [2.24, 2.45) is 0 Å². The van der Waals surface area contributed by atoms with Gasteiger partial charge in [-0.15, -0.1) is 0 Å². The number of nitrogens with zero attached hydrogens (tertiary/aromatic N) is 1. The van der Waals surface area contributed by atoms with Gasteiger partial charge in [0.25, 0.3) is 0 Å². The lowest BCUT2D eigenvalue weighted by Crippen LogP contribution is -2.16. The number of anilines is 1. The quantitative estimate of drug-likeness (QED) is 0.378. The Kier molecular flexibility index (Phi) is 5.01. The fourth-order valence-electron chi connectivity index (χ4n) is 2.95. The van der Waals surface area contributed by atoms with E-state index in [1.54, 1.807) is 25.4 Å². The molecule has 0 radical (unpaired) electrons. The van der Waals surface area contributed by atoms with Gasteiger partial charge in [-0.05, 0) is 37.3 Å². The van der Waals surface area contributed by atoms with Crippen LogP contribution in [0.5, 0.6) is 0 Å². The van der Waals surface area contributed by atoms with E-state index in [0.717, 1.165) is 17.5 Å². The number of hydrogen-bond acceptors (Lipinski definition) is 6. The van der Waals surface area contributed by atoms with E-state index >= 15 is 0 Å². The highest BCUT2D eigenvalue weighted by Crippen LogP contribution is 2.30. The first kappa shape index (κ1) is 19.3. The average Bonchev–Trinajstić information content (AvgIpc) is 3.26. The van der Waals surface area contributed by atoms with Crippen molar-refractivity contribution in [3.63, 3.8) is 0 Å². The Labute approximate surface area is 169 Å². The van der Waals surface area contributed by atoms with Gasteiger partial charge in [-0.1, -0.05) is 0 Å². The number of carbonyl (C=O) groups is 2. The van der Waals surface area contributed by atoms with Crippen molar-refractivity contribution < 1.29 is 27.8 Å². The van der Waals surface area contributed by atoms with E-state index in [0.29, 0.717) is 11.2 Å². The van der Waals surface area contributed by atoms with Crippen LogP contribution >= 0.6 is 0 Å². The summed E-state index contributed by atoms with van der Waals surface area (Å²) in [6.07, 6.45) is 4.73. The van der Waals surface area contributed by atoms with E-state index < -0.39 is 23.4 Å². The van der Waals surface area contributed by atoms with Crippen molar-refractivity contribution in [2.45, 2.75) is 6.92 Å². The van der Waals surface area contributed by atoms with Crippen molar-refractivity contribution in [3.05, 3.63) is 77.1 Å². The van der Waals surface area contributed by atoms with E-state index in [4.69, 9.17) is 9.47 Å². The van der Waals surface area contributed by atoms with Gasteiger partial charge in [0.05, 0.1) is 6.61 Å². The third-order valence-corrected chi connectivity index (χ3v) is 4.32. The molecule has 2 N–H and O–H groups in total. The largest absolute Gasteiger partial charge is 0.462 e. The Balaban J connectivity index is 1.71. The molecule has 1 aliphatic rings. The minimum atomic E-state index is -1.09. The Morgan fingerprint density at radius 1 is 1.30 bits per heavy atom. The maximum atomic E-state index is 13.5. The summed E-state index contributed by atoms with van der Waals surface area (Å²) in [5.41, 5.74) is 0.967. The fraction of sp³-hybridized carbons (Fsp3) is 0.0952. The number of ether oxygens (including phenoxy) is 2. The zero-order valence-corrected chi connectivity index (χ0v) is 15.7. The highest BCUT2D eigenvalue weighted by atomic mass is 19.2. The molecule has 3 aromatic rings. The molecule has 0 amide bonds. The fourth-order valence-corrected chi connectivity index (χ4v) is 2.95. The molecule has 9 heteroatoms. The minimum Gasteiger partial charge on any atom is -0.462 e. The summed E-state index contributed by atoms with van der Waals surface area (Å²) in [5, 5.41) is 3.39. The molecule has 4 rings (SSSR count). The van der Waals surface area contributed by atoms with E-state index in [2.05, 4.69) is 15.3 Å². The van der Waals surface area contributed by atoms with Crippen LogP contribution in [-0.2, 0) is 19.1 Å². The molecule has 0 fully saturated rings. The zero-order chi connectivity index (χ0) is 21.3. The molecular weight excluding hydrogens is 396 g/mol. The summed E-state index contributed by atoms with van der Waals surface area (Å²) in [4.78, 5) is 32.3. The van der Waals surface area contributed by atoms with Crippen molar-refractivity contribution in [3.8, 4) is 0 Å². The molecule has 2 aromatic heterocycles. The maximum absolute atomic E-state index is 13.5. The SMILES string of the molecule is CCOC(=O)C1=C(Nc2ccc(F)c(F)c2)OC(=Cc2c[nH]c3ncccc23)C1=O. The van der Waals surface area contributed by atoms with Gasteiger partial charge < -0.3 is 19.8 Å². The lowest BCUT2D eigenvalue weighted by Gasteiger charge is -2.09. The lowest BCUT2D eigenvalue weighted by atomic mass is 10.1. The predicted octanol–water partition coefficient (Wildman–Crippen LogP) is 3.67. The monoisotopic (exact) mass is 411 g/mol. The molecule has 0 atom stereocenters. The molecule has 1 aromatic carbocycles. The molecule has 0 aliphatic carbocycles. The second-order valence-corrected chi connectivity index (χ2v) is 6.26. The summed E-state index contributed by atoms with van der Waals surface area (Å²) in [7, 11) is 0. The maximum Gasteiger partial charge on any atom is 0.347 e. The number of fused-ring (bicyclic) bond motifs is 1. The van der Waals surface area contributed by atoms with Crippen LogP contribution in [0.4, 0.5) is 14.5 Å². The van der Waals surface area contributed by atoms with Crippen molar-refractivity contribution in [1.29, 1.82) is 0 Å². The first-order valence-electron chi connectivity index (χ1n) is 8.97. The summed E-state index contributed by atoms with van der Waals surface area (Å²) < 4.78 is 37.2. The van der Waals surface area contributed by atoms with Crippen LogP contribution in [0.2, 0.25) is 0 Å². The average molecular weight is 411 g/mol. The zero-order valence-electron chi connectivity index (χ0n) is 15.7. The number of halogens is 2. The summed E-state index contributed by atoms with van der Waals surface area (Å²) in [6, 6.07) is 6.59. The second-order valence-electron chi connectivity index (χ2n) is 6.26. The summed E-state index contributed by atoms with van der Waals surface area (Å²) in [5.74, 6) is -4.07. The number of Topliss-reactive ketones (excluding diaryl/α,β-unsaturated/α-hetero) is 1. The van der Waals surface area contributed by atoms with E-state index in [-0.39, 0.29) is 29.5 Å². The molecule has 0 unspecified atom stereocenters. The van der Waals surface area contributed by atoms with Gasteiger partial charge in [0.1, 0.15) is 5.65 Å². The number of ketones is 1. The number of hydrogen-bond donors (Lipinski definition) is 2. The smallest absolute Gasteiger partial charge is 0.347 e. The van der Waals surface area contributed by atoms with Gasteiger partial charge in [-0.25, -0.2) is 18.6 Å². The van der Waals surface area contributed by atoms with Crippen molar-refractivity contribution in [1.82, 2.24) is 9.97 Å². The Hall–Kier alpha value is -4.01. The van der Waals surface area contributed by atoms with E-state index in [1.165, 1.54) is 12.1 Å². The molecule has 30 heavy (non-hydrogen) atoms. The van der Waals surface area contributed by atoms with Gasteiger partial charge in [-0.2, -0.15) is 0 Å². The first-order valence-corrected chi connectivity index (χ1v) is 8.97. The number of carbonyl (C=O) groups excluding carboxylic acids is 2. The van der Waals surface area contributed by atoms with Gasteiger partial charge in [0.15, 0.2) is 23.0 Å². The van der Waals surface area contributed by atoms with Crippen LogP contribution in [0.3, 0.4) is 0 Å². The first-order chi connectivity index (χ1) is 14.5. The number of pyridine rings is 1. The number of aromatic nitrogens is 2. The minimum absolute atomic E-state index is 0.0429. The van der Waals surface area contributed by atoms with Crippen LogP contribution < -0.4 is 5.32 Å². The number of H-pyrrole nitrogens is 1. The molecule has 152 valence electrons. The van der Waals surface area contributed by atoms with Gasteiger partial charge in [0, 0.05) is 35.1 Å². The molecule has 0 saturated carbocycles. The summed E-state index contributed by atoms with van der Waals surface area (Å²) in [6.45, 7) is 1.64. The Morgan fingerprint density at radius 3 is 2.90 bits per heavy atom. The van der Waals surface area contributed by atoms with E-state index in [1.807, 2.05) is 6.07 Å². The number of nitrogens with one attached hydrogen (secondary N) is 2. The predicted molar refractivity (Wildman–Crippen MR) is 104 cm³/mol. The molecule has 0 bridgehead atoms. The number of esters is 1. The number of rotatable bonds is 5. The third-order valence-electron chi connectivity index (χ3n) is 4.32. The van der Waals surface area contributed by atoms with Crippen LogP contribution in [0.1, 0.15) is 12.5 Å². The van der Waals surface area contributed by atoms with Crippen molar-refractivity contribution in [2.75, 3.05) is 11.9 Å². The second kappa shape index (κ2) is 7.78. The molecule has 7 nitrogen and oxygen atoms in total. The highest BCUT2D eigenvalue weighted by molar-refractivity contribution is 6.26. The molecular formula is C21H15F2N3O4. The van der Waals surface area contributed by atoms with Crippen LogP contribution in [0.15, 0.2) is 59.9 Å². The van der Waals surface area contributed by atoms with Crippen molar-refractivity contribution >= 4 is 34.5 Å². The van der Waals surface area contributed by atoms with E-state index in [9.17, 15) is 18.4 Å². The highest BCUT2D eigenvalue weighted by Gasteiger charge is 2.37. The topological polar surface area (TPSA) is 93.3 Å². The van der Waals surface area contributed by atoms with Gasteiger partial charge in [0.2, 0.25) is 11.7 Å².